The Hall–Kier alpha value is -1.66. The van der Waals surface area contributed by atoms with Crippen LogP contribution >= 0.6 is 0 Å². The Morgan fingerprint density at radius 3 is 2.92 bits per heavy atom. The summed E-state index contributed by atoms with van der Waals surface area (Å²) in [4.78, 5) is 18.9. The molecule has 0 spiro atoms. The molecule has 0 aliphatic carbocycles. The number of piperidine rings is 1. The molecule has 0 radical (unpaired) electrons. The van der Waals surface area contributed by atoms with E-state index >= 15 is 0 Å². The number of nitrogens with one attached hydrogen (secondary N) is 2. The van der Waals surface area contributed by atoms with Crippen LogP contribution in [0, 0.1) is 5.92 Å². The molecular formula is C18H28N4O2. The summed E-state index contributed by atoms with van der Waals surface area (Å²) in [5, 5.41) is 6.25. The van der Waals surface area contributed by atoms with Gasteiger partial charge < -0.3 is 20.3 Å². The van der Waals surface area contributed by atoms with E-state index < -0.39 is 0 Å². The van der Waals surface area contributed by atoms with E-state index in [-0.39, 0.29) is 11.9 Å². The van der Waals surface area contributed by atoms with E-state index in [0.29, 0.717) is 19.6 Å². The van der Waals surface area contributed by atoms with Crippen LogP contribution in [-0.2, 0) is 16.1 Å². The predicted molar refractivity (Wildman–Crippen MR) is 93.9 cm³/mol. The third kappa shape index (κ3) is 4.92. The molecule has 132 valence electrons. The maximum Gasteiger partial charge on any atom is 0.221 e. The number of rotatable bonds is 5. The van der Waals surface area contributed by atoms with Crippen LogP contribution < -0.4 is 15.5 Å². The minimum Gasteiger partial charge on any atom is -0.378 e. The molecule has 2 aliphatic heterocycles. The van der Waals surface area contributed by atoms with Gasteiger partial charge in [-0.25, -0.2) is 4.98 Å². The average molecular weight is 332 g/mol. The molecule has 1 amide bonds. The fraction of sp³-hybridized carbons (Fsp3) is 0.667. The van der Waals surface area contributed by atoms with Gasteiger partial charge in [0.2, 0.25) is 5.91 Å². The van der Waals surface area contributed by atoms with Crippen molar-refractivity contribution in [2.45, 2.75) is 38.8 Å². The van der Waals surface area contributed by atoms with E-state index in [1.54, 1.807) is 0 Å². The Balaban J connectivity index is 1.43. The van der Waals surface area contributed by atoms with Crippen LogP contribution in [0.3, 0.4) is 0 Å². The summed E-state index contributed by atoms with van der Waals surface area (Å²) in [6.07, 6.45) is 4.80. The first-order valence-corrected chi connectivity index (χ1v) is 8.98. The summed E-state index contributed by atoms with van der Waals surface area (Å²) in [5.74, 6) is 1.91. The lowest BCUT2D eigenvalue weighted by Crippen LogP contribution is -2.44. The first-order valence-electron chi connectivity index (χ1n) is 8.98. The highest BCUT2D eigenvalue weighted by atomic mass is 16.5. The molecule has 24 heavy (non-hydrogen) atoms. The number of pyridine rings is 1. The van der Waals surface area contributed by atoms with Gasteiger partial charge in [0.05, 0.1) is 13.2 Å². The van der Waals surface area contributed by atoms with E-state index in [2.05, 4.69) is 39.6 Å². The summed E-state index contributed by atoms with van der Waals surface area (Å²) >= 11 is 0. The second-order valence-electron chi connectivity index (χ2n) is 6.90. The largest absolute Gasteiger partial charge is 0.378 e. The van der Waals surface area contributed by atoms with Gasteiger partial charge in [0.1, 0.15) is 5.82 Å². The van der Waals surface area contributed by atoms with Crippen LogP contribution in [0.25, 0.3) is 0 Å². The number of carbonyl (C=O) groups is 1. The Morgan fingerprint density at radius 1 is 1.42 bits per heavy atom. The van der Waals surface area contributed by atoms with E-state index in [1.807, 2.05) is 6.20 Å². The van der Waals surface area contributed by atoms with Crippen molar-refractivity contribution in [3.05, 3.63) is 23.9 Å². The molecule has 3 heterocycles. The Morgan fingerprint density at radius 2 is 2.25 bits per heavy atom. The quantitative estimate of drug-likeness (QED) is 0.851. The molecule has 6 nitrogen and oxygen atoms in total. The number of carbonyl (C=O) groups excluding carboxylic acids is 1. The summed E-state index contributed by atoms with van der Waals surface area (Å²) in [6, 6.07) is 4.25. The van der Waals surface area contributed by atoms with E-state index in [1.165, 1.54) is 12.8 Å². The standard InChI is InChI=1S/C18H28N4O2/c1-14-4-7-22(8-5-14)17-3-2-15(11-20-17)12-21-18(23)10-16-13-24-9-6-19-16/h2-3,11,14,16,19H,4-10,12-13H2,1H3,(H,21,23). The maximum absolute atomic E-state index is 12.0. The smallest absolute Gasteiger partial charge is 0.221 e. The molecule has 1 unspecified atom stereocenters. The first-order chi connectivity index (χ1) is 11.7. The Kier molecular flexibility index (Phi) is 6.04. The van der Waals surface area contributed by atoms with Crippen LogP contribution in [0.15, 0.2) is 18.3 Å². The minimum atomic E-state index is 0.0482. The van der Waals surface area contributed by atoms with Gasteiger partial charge in [-0.05, 0) is 30.4 Å². The van der Waals surface area contributed by atoms with Gasteiger partial charge in [0, 0.05) is 44.8 Å². The maximum atomic E-state index is 12.0. The fourth-order valence-electron chi connectivity index (χ4n) is 3.19. The van der Waals surface area contributed by atoms with Gasteiger partial charge >= 0.3 is 0 Å². The van der Waals surface area contributed by atoms with Gasteiger partial charge in [-0.3, -0.25) is 4.79 Å². The highest BCUT2D eigenvalue weighted by molar-refractivity contribution is 5.76. The average Bonchev–Trinajstić information content (AvgIpc) is 2.62. The zero-order valence-electron chi connectivity index (χ0n) is 14.5. The zero-order valence-corrected chi connectivity index (χ0v) is 14.5. The molecule has 2 fully saturated rings. The molecule has 1 atom stereocenters. The summed E-state index contributed by atoms with van der Waals surface area (Å²) in [5.41, 5.74) is 1.03. The topological polar surface area (TPSA) is 66.5 Å². The molecule has 1 aromatic rings. The van der Waals surface area contributed by atoms with Gasteiger partial charge in [-0.1, -0.05) is 13.0 Å². The molecule has 2 saturated heterocycles. The molecule has 0 aromatic carbocycles. The normalized spacial score (nSPS) is 22.4. The third-order valence-corrected chi connectivity index (χ3v) is 4.84. The summed E-state index contributed by atoms with van der Waals surface area (Å²) in [7, 11) is 0. The van der Waals surface area contributed by atoms with Crippen molar-refractivity contribution in [1.82, 2.24) is 15.6 Å². The van der Waals surface area contributed by atoms with Crippen molar-refractivity contribution in [2.24, 2.45) is 5.92 Å². The van der Waals surface area contributed by atoms with Crippen LogP contribution in [0.5, 0.6) is 0 Å². The number of anilines is 1. The first kappa shape index (κ1) is 17.2. The van der Waals surface area contributed by atoms with E-state index in [0.717, 1.165) is 43.5 Å². The lowest BCUT2D eigenvalue weighted by atomic mass is 9.99. The summed E-state index contributed by atoms with van der Waals surface area (Å²) in [6.45, 7) is 7.16. The van der Waals surface area contributed by atoms with Crippen molar-refractivity contribution in [3.63, 3.8) is 0 Å². The number of amides is 1. The molecular weight excluding hydrogens is 304 g/mol. The third-order valence-electron chi connectivity index (χ3n) is 4.84. The van der Waals surface area contributed by atoms with Gasteiger partial charge in [0.15, 0.2) is 0 Å². The van der Waals surface area contributed by atoms with Crippen LogP contribution in [-0.4, -0.2) is 49.8 Å². The SMILES string of the molecule is CC1CCN(c2ccc(CNC(=O)CC3COCCN3)cn2)CC1. The predicted octanol–water partition coefficient (Wildman–Crippen LogP) is 1.31. The number of hydrogen-bond donors (Lipinski definition) is 2. The number of nitrogens with zero attached hydrogens (tertiary/aromatic N) is 2. The second kappa shape index (κ2) is 8.44. The zero-order chi connectivity index (χ0) is 16.8. The van der Waals surface area contributed by atoms with Crippen molar-refractivity contribution in [3.8, 4) is 0 Å². The molecule has 3 rings (SSSR count). The van der Waals surface area contributed by atoms with E-state index in [9.17, 15) is 4.79 Å². The minimum absolute atomic E-state index is 0.0482. The number of morpholine rings is 1. The monoisotopic (exact) mass is 332 g/mol. The highest BCUT2D eigenvalue weighted by Gasteiger charge is 2.18. The molecule has 2 N–H and O–H groups in total. The Bertz CT molecular complexity index is 520. The molecule has 6 heteroatoms. The van der Waals surface area contributed by atoms with E-state index in [4.69, 9.17) is 4.74 Å². The number of aromatic nitrogens is 1. The molecule has 2 aliphatic rings. The fourth-order valence-corrected chi connectivity index (χ4v) is 3.19. The molecule has 0 bridgehead atoms. The van der Waals surface area contributed by atoms with Crippen molar-refractivity contribution in [2.75, 3.05) is 37.7 Å². The van der Waals surface area contributed by atoms with Gasteiger partial charge in [-0.2, -0.15) is 0 Å². The van der Waals surface area contributed by atoms with Gasteiger partial charge in [-0.15, -0.1) is 0 Å². The Labute approximate surface area is 144 Å². The van der Waals surface area contributed by atoms with Crippen LogP contribution in [0.2, 0.25) is 0 Å². The van der Waals surface area contributed by atoms with Gasteiger partial charge in [0.25, 0.3) is 0 Å². The van der Waals surface area contributed by atoms with Crippen LogP contribution in [0.4, 0.5) is 5.82 Å². The highest BCUT2D eigenvalue weighted by Crippen LogP contribution is 2.21. The lowest BCUT2D eigenvalue weighted by molar-refractivity contribution is -0.122. The molecule has 0 saturated carbocycles. The molecule has 1 aromatic heterocycles. The van der Waals surface area contributed by atoms with Crippen LogP contribution in [0.1, 0.15) is 31.7 Å². The van der Waals surface area contributed by atoms with Crippen molar-refractivity contribution < 1.29 is 9.53 Å². The number of ether oxygens (including phenoxy) is 1. The number of hydrogen-bond acceptors (Lipinski definition) is 5. The van der Waals surface area contributed by atoms with Crippen molar-refractivity contribution >= 4 is 11.7 Å². The lowest BCUT2D eigenvalue weighted by Gasteiger charge is -2.31. The summed E-state index contributed by atoms with van der Waals surface area (Å²) < 4.78 is 5.37. The second-order valence-corrected chi connectivity index (χ2v) is 6.90. The van der Waals surface area contributed by atoms with Crippen molar-refractivity contribution in [1.29, 1.82) is 0 Å².